The van der Waals surface area contributed by atoms with Gasteiger partial charge in [0.15, 0.2) is 0 Å². The van der Waals surface area contributed by atoms with Gasteiger partial charge in [-0.05, 0) is 43.9 Å². The summed E-state index contributed by atoms with van der Waals surface area (Å²) in [5.41, 5.74) is 0.783. The Morgan fingerprint density at radius 1 is 1.33 bits per heavy atom. The molecule has 0 unspecified atom stereocenters. The van der Waals surface area contributed by atoms with Crippen molar-refractivity contribution in [2.45, 2.75) is 25.7 Å². The maximum Gasteiger partial charge on any atom is 0.251 e. The van der Waals surface area contributed by atoms with Crippen LogP contribution in [0.1, 0.15) is 36.0 Å². The largest absolute Gasteiger partial charge is 0.385 e. The van der Waals surface area contributed by atoms with Crippen LogP contribution < -0.4 is 9.62 Å². The molecule has 0 bridgehead atoms. The number of hydrogen-bond donors (Lipinski definition) is 1. The summed E-state index contributed by atoms with van der Waals surface area (Å²) in [6.07, 6.45) is 3.12. The van der Waals surface area contributed by atoms with E-state index in [0.717, 1.165) is 19.3 Å². The Labute approximate surface area is 148 Å². The number of hydrogen-bond acceptors (Lipinski definition) is 4. The molecule has 0 radical (unpaired) electrons. The molecule has 1 fully saturated rings. The molecule has 0 saturated carbocycles. The summed E-state index contributed by atoms with van der Waals surface area (Å²) in [7, 11) is -1.72. The summed E-state index contributed by atoms with van der Waals surface area (Å²) in [4.78, 5) is 12.2. The molecule has 1 saturated heterocycles. The van der Waals surface area contributed by atoms with Crippen molar-refractivity contribution in [2.24, 2.45) is 0 Å². The zero-order chi connectivity index (χ0) is 17.6. The Kier molecular flexibility index (Phi) is 6.89. The minimum atomic E-state index is -3.37. The highest BCUT2D eigenvalue weighted by atomic mass is 35.5. The third kappa shape index (κ3) is 4.84. The van der Waals surface area contributed by atoms with Gasteiger partial charge in [0, 0.05) is 32.4 Å². The van der Waals surface area contributed by atoms with Crippen molar-refractivity contribution in [3.8, 4) is 0 Å². The lowest BCUT2D eigenvalue weighted by Gasteiger charge is -2.29. The number of carbonyl (C=O) groups excluding carboxylic acids is 1. The van der Waals surface area contributed by atoms with Crippen molar-refractivity contribution in [1.29, 1.82) is 0 Å². The zero-order valence-corrected chi connectivity index (χ0v) is 15.3. The summed E-state index contributed by atoms with van der Waals surface area (Å²) >= 11 is 6.17. The number of nitrogens with zero attached hydrogens (tertiary/aromatic N) is 1. The topological polar surface area (TPSA) is 75.7 Å². The minimum absolute atomic E-state index is 0.110. The number of sulfonamides is 1. The van der Waals surface area contributed by atoms with E-state index in [2.05, 4.69) is 5.32 Å². The maximum absolute atomic E-state index is 12.2. The molecule has 0 atom stereocenters. The second kappa shape index (κ2) is 8.69. The smallest absolute Gasteiger partial charge is 0.251 e. The van der Waals surface area contributed by atoms with Crippen molar-refractivity contribution in [3.05, 3.63) is 28.8 Å². The average molecular weight is 375 g/mol. The van der Waals surface area contributed by atoms with Crippen LogP contribution in [0.15, 0.2) is 18.2 Å². The Morgan fingerprint density at radius 2 is 2.12 bits per heavy atom. The average Bonchev–Trinajstić information content (AvgIpc) is 2.55. The summed E-state index contributed by atoms with van der Waals surface area (Å²) in [6.45, 7) is 1.60. The number of rotatable bonds is 7. The van der Waals surface area contributed by atoms with Gasteiger partial charge in [0.2, 0.25) is 10.0 Å². The quantitative estimate of drug-likeness (QED) is 0.744. The number of benzene rings is 1. The van der Waals surface area contributed by atoms with E-state index < -0.39 is 10.0 Å². The van der Waals surface area contributed by atoms with Crippen molar-refractivity contribution in [2.75, 3.05) is 36.9 Å². The van der Waals surface area contributed by atoms with Gasteiger partial charge < -0.3 is 10.1 Å². The Balaban J connectivity index is 2.09. The normalized spacial score (nSPS) is 16.8. The highest BCUT2D eigenvalue weighted by Gasteiger charge is 2.28. The molecule has 24 heavy (non-hydrogen) atoms. The number of ether oxygens (including phenoxy) is 1. The van der Waals surface area contributed by atoms with Crippen LogP contribution in [0.5, 0.6) is 0 Å². The number of unbranched alkanes of at least 4 members (excludes halogenated alkanes) is 1. The molecule has 6 nitrogen and oxygen atoms in total. The molecule has 0 spiro atoms. The van der Waals surface area contributed by atoms with E-state index in [0.29, 0.717) is 42.4 Å². The second-order valence-corrected chi connectivity index (χ2v) is 8.14. The first-order chi connectivity index (χ1) is 11.5. The number of methoxy groups -OCH3 is 1. The van der Waals surface area contributed by atoms with Gasteiger partial charge in [0.25, 0.3) is 5.91 Å². The van der Waals surface area contributed by atoms with Crippen LogP contribution in [-0.2, 0) is 14.8 Å². The molecule has 1 heterocycles. The molecule has 1 N–H and O–H groups in total. The highest BCUT2D eigenvalue weighted by molar-refractivity contribution is 7.92. The Hall–Kier alpha value is -1.31. The molecule has 1 aromatic carbocycles. The van der Waals surface area contributed by atoms with E-state index in [-0.39, 0.29) is 11.7 Å². The Morgan fingerprint density at radius 3 is 2.83 bits per heavy atom. The van der Waals surface area contributed by atoms with Gasteiger partial charge in [-0.3, -0.25) is 9.10 Å². The van der Waals surface area contributed by atoms with Crippen LogP contribution in [0.4, 0.5) is 5.69 Å². The first-order valence-electron chi connectivity index (χ1n) is 8.03. The lowest BCUT2D eigenvalue weighted by molar-refractivity contribution is 0.0951. The van der Waals surface area contributed by atoms with Crippen LogP contribution in [0.25, 0.3) is 0 Å². The van der Waals surface area contributed by atoms with Crippen LogP contribution in [0, 0.1) is 0 Å². The van der Waals surface area contributed by atoms with Crippen LogP contribution >= 0.6 is 11.6 Å². The monoisotopic (exact) mass is 374 g/mol. The fourth-order valence-corrected chi connectivity index (χ4v) is 4.50. The van der Waals surface area contributed by atoms with Gasteiger partial charge >= 0.3 is 0 Å². The van der Waals surface area contributed by atoms with E-state index in [1.165, 1.54) is 4.31 Å². The molecule has 8 heteroatoms. The molecule has 0 aromatic heterocycles. The molecule has 1 aliphatic rings. The third-order valence-corrected chi connectivity index (χ3v) is 6.06. The second-order valence-electron chi connectivity index (χ2n) is 5.72. The number of anilines is 1. The molecular formula is C16H23ClN2O4S. The lowest BCUT2D eigenvalue weighted by atomic mass is 10.1. The fraction of sp³-hybridized carbons (Fsp3) is 0.562. The Bertz CT molecular complexity index is 679. The maximum atomic E-state index is 12.2. The fourth-order valence-electron chi connectivity index (χ4n) is 2.58. The van der Waals surface area contributed by atoms with Gasteiger partial charge in [-0.2, -0.15) is 0 Å². The molecule has 2 rings (SSSR count). The van der Waals surface area contributed by atoms with E-state index >= 15 is 0 Å². The third-order valence-electron chi connectivity index (χ3n) is 3.89. The lowest BCUT2D eigenvalue weighted by Crippen LogP contribution is -2.38. The number of halogens is 1. The van der Waals surface area contributed by atoms with E-state index in [9.17, 15) is 13.2 Å². The minimum Gasteiger partial charge on any atom is -0.385 e. The van der Waals surface area contributed by atoms with Crippen molar-refractivity contribution in [3.63, 3.8) is 0 Å². The van der Waals surface area contributed by atoms with Gasteiger partial charge in [-0.1, -0.05) is 11.6 Å². The van der Waals surface area contributed by atoms with Crippen molar-refractivity contribution >= 4 is 33.2 Å². The predicted octanol–water partition coefficient (Wildman–Crippen LogP) is 2.43. The first-order valence-corrected chi connectivity index (χ1v) is 10.0. The molecule has 1 amide bonds. The van der Waals surface area contributed by atoms with Gasteiger partial charge in [-0.15, -0.1) is 0 Å². The summed E-state index contributed by atoms with van der Waals surface area (Å²) in [5.74, 6) is -0.126. The SMILES string of the molecule is COCCCCNC(=O)c1ccc(Cl)c(N2CCCCS2(=O)=O)c1. The number of nitrogens with one attached hydrogen (secondary N) is 1. The van der Waals surface area contributed by atoms with Crippen LogP contribution in [0.2, 0.25) is 5.02 Å². The molecule has 1 aromatic rings. The van der Waals surface area contributed by atoms with Gasteiger partial charge in [-0.25, -0.2) is 8.42 Å². The highest BCUT2D eigenvalue weighted by Crippen LogP contribution is 2.31. The molecule has 0 aliphatic carbocycles. The van der Waals surface area contributed by atoms with Crippen LogP contribution in [-0.4, -0.2) is 46.9 Å². The van der Waals surface area contributed by atoms with E-state index in [1.807, 2.05) is 0 Å². The molecular weight excluding hydrogens is 352 g/mol. The van der Waals surface area contributed by atoms with Gasteiger partial charge in [0.05, 0.1) is 16.5 Å². The molecule has 1 aliphatic heterocycles. The van der Waals surface area contributed by atoms with E-state index in [4.69, 9.17) is 16.3 Å². The summed E-state index contributed by atoms with van der Waals surface area (Å²) < 4.78 is 30.8. The summed E-state index contributed by atoms with van der Waals surface area (Å²) in [6, 6.07) is 4.73. The standard InChI is InChI=1S/C16H23ClN2O4S/c1-23-10-4-2-8-18-16(20)13-6-7-14(17)15(12-13)19-9-3-5-11-24(19,21)22/h6-7,12H,2-5,8-11H2,1H3,(H,18,20). The van der Waals surface area contributed by atoms with Crippen molar-refractivity contribution < 1.29 is 17.9 Å². The first kappa shape index (κ1) is 19.0. The summed E-state index contributed by atoms with van der Waals surface area (Å²) in [5, 5.41) is 3.15. The predicted molar refractivity (Wildman–Crippen MR) is 95.3 cm³/mol. The zero-order valence-electron chi connectivity index (χ0n) is 13.8. The van der Waals surface area contributed by atoms with E-state index in [1.54, 1.807) is 25.3 Å². The van der Waals surface area contributed by atoms with Crippen LogP contribution in [0.3, 0.4) is 0 Å². The molecule has 134 valence electrons. The number of carbonyl (C=O) groups is 1. The number of amides is 1. The van der Waals surface area contributed by atoms with Gasteiger partial charge in [0.1, 0.15) is 0 Å². The van der Waals surface area contributed by atoms with Crippen molar-refractivity contribution in [1.82, 2.24) is 5.32 Å².